The molecule has 12 heteroatoms. The van der Waals surface area contributed by atoms with Gasteiger partial charge in [0.25, 0.3) is 5.91 Å². The lowest BCUT2D eigenvalue weighted by Gasteiger charge is -2.38. The standard InChI is InChI=1S/C27H30F3N7O2/c1-17-13-21(16-36(26(39)35-11-3-4-12-35)24(17)19-7-9-31-10-8-19)34-25(38)22-15-33-37(18(22)2)23-6-5-20(14-32-23)27(28,29)30/h5-7,13-16,24,31H,3-4,8-12H2,1-2H3,(H,34,38). The van der Waals surface area contributed by atoms with Gasteiger partial charge in [0, 0.05) is 32.0 Å². The van der Waals surface area contributed by atoms with Gasteiger partial charge in [0.05, 0.1) is 34.8 Å². The van der Waals surface area contributed by atoms with E-state index < -0.39 is 17.6 Å². The van der Waals surface area contributed by atoms with Crippen molar-refractivity contribution in [2.75, 3.05) is 26.2 Å². The Labute approximate surface area is 224 Å². The van der Waals surface area contributed by atoms with Crippen LogP contribution < -0.4 is 10.6 Å². The minimum atomic E-state index is -4.50. The molecular formula is C27H30F3N7O2. The number of alkyl halides is 3. The molecule has 206 valence electrons. The van der Waals surface area contributed by atoms with Crippen LogP contribution in [0.5, 0.6) is 0 Å². The van der Waals surface area contributed by atoms with E-state index in [1.54, 1.807) is 18.0 Å². The first-order valence-electron chi connectivity index (χ1n) is 12.9. The van der Waals surface area contributed by atoms with Gasteiger partial charge in [-0.25, -0.2) is 14.5 Å². The molecule has 0 radical (unpaired) electrons. The Bertz CT molecular complexity index is 1350. The van der Waals surface area contributed by atoms with E-state index in [2.05, 4.69) is 26.8 Å². The maximum atomic E-state index is 13.5. The topological polar surface area (TPSA) is 95.4 Å². The van der Waals surface area contributed by atoms with Gasteiger partial charge in [-0.2, -0.15) is 18.3 Å². The Hall–Kier alpha value is -3.93. The average Bonchev–Trinajstić information content (AvgIpc) is 3.58. The van der Waals surface area contributed by atoms with E-state index in [1.807, 2.05) is 17.9 Å². The van der Waals surface area contributed by atoms with Crippen molar-refractivity contribution in [3.8, 4) is 5.82 Å². The zero-order chi connectivity index (χ0) is 27.7. The fraction of sp³-hybridized carbons (Fsp3) is 0.407. The summed E-state index contributed by atoms with van der Waals surface area (Å²) in [6.45, 7) is 6.59. The number of carbonyl (C=O) groups excluding carboxylic acids is 2. The second kappa shape index (κ2) is 10.7. The van der Waals surface area contributed by atoms with E-state index in [0.717, 1.165) is 55.8 Å². The highest BCUT2D eigenvalue weighted by Crippen LogP contribution is 2.31. The van der Waals surface area contributed by atoms with Gasteiger partial charge in [-0.05, 0) is 69.0 Å². The Morgan fingerprint density at radius 1 is 1.13 bits per heavy atom. The quantitative estimate of drug-likeness (QED) is 0.572. The summed E-state index contributed by atoms with van der Waals surface area (Å²) in [6, 6.07) is 1.83. The number of allylic oxidation sites excluding steroid dienone is 1. The Balaban J connectivity index is 1.38. The first-order valence-corrected chi connectivity index (χ1v) is 12.9. The van der Waals surface area contributed by atoms with Gasteiger partial charge >= 0.3 is 12.2 Å². The average molecular weight is 542 g/mol. The summed E-state index contributed by atoms with van der Waals surface area (Å²) < 4.78 is 40.0. The molecule has 0 aliphatic carbocycles. The third-order valence-corrected chi connectivity index (χ3v) is 7.22. The summed E-state index contributed by atoms with van der Waals surface area (Å²) in [5.74, 6) is -0.290. The molecule has 0 saturated carbocycles. The number of nitrogens with zero attached hydrogens (tertiary/aromatic N) is 5. The van der Waals surface area contributed by atoms with Crippen molar-refractivity contribution in [3.05, 3.63) is 76.5 Å². The van der Waals surface area contributed by atoms with Crippen LogP contribution in [0, 0.1) is 6.92 Å². The predicted octanol–water partition coefficient (Wildman–Crippen LogP) is 3.93. The normalized spacial score (nSPS) is 19.9. The largest absolute Gasteiger partial charge is 0.417 e. The number of nitrogens with one attached hydrogen (secondary N) is 2. The summed E-state index contributed by atoms with van der Waals surface area (Å²) >= 11 is 0. The van der Waals surface area contributed by atoms with Crippen molar-refractivity contribution in [2.45, 2.75) is 45.3 Å². The zero-order valence-corrected chi connectivity index (χ0v) is 21.8. The molecule has 3 aliphatic rings. The summed E-state index contributed by atoms with van der Waals surface area (Å²) in [6.07, 6.45) is 6.03. The van der Waals surface area contributed by atoms with Gasteiger partial charge in [-0.3, -0.25) is 9.69 Å². The van der Waals surface area contributed by atoms with Crippen molar-refractivity contribution < 1.29 is 22.8 Å². The monoisotopic (exact) mass is 541 g/mol. The van der Waals surface area contributed by atoms with Crippen molar-refractivity contribution >= 4 is 11.9 Å². The number of aromatic nitrogens is 3. The maximum Gasteiger partial charge on any atom is 0.417 e. The maximum absolute atomic E-state index is 13.5. The molecule has 2 aromatic rings. The van der Waals surface area contributed by atoms with E-state index in [-0.39, 0.29) is 23.5 Å². The lowest BCUT2D eigenvalue weighted by atomic mass is 9.91. The van der Waals surface area contributed by atoms with E-state index >= 15 is 0 Å². The fourth-order valence-electron chi connectivity index (χ4n) is 5.21. The Morgan fingerprint density at radius 3 is 2.54 bits per heavy atom. The van der Waals surface area contributed by atoms with E-state index in [9.17, 15) is 22.8 Å². The van der Waals surface area contributed by atoms with Crippen molar-refractivity contribution in [3.63, 3.8) is 0 Å². The van der Waals surface area contributed by atoms with Crippen LogP contribution in [0.25, 0.3) is 5.82 Å². The first-order chi connectivity index (χ1) is 18.6. The molecule has 0 bridgehead atoms. The molecule has 1 unspecified atom stereocenters. The number of urea groups is 1. The van der Waals surface area contributed by atoms with Crippen LogP contribution in [0.4, 0.5) is 18.0 Å². The molecule has 2 aromatic heterocycles. The molecule has 1 saturated heterocycles. The minimum Gasteiger partial charge on any atom is -0.324 e. The third kappa shape index (κ3) is 5.47. The molecule has 0 spiro atoms. The molecule has 3 amide bonds. The number of hydrogen-bond donors (Lipinski definition) is 2. The van der Waals surface area contributed by atoms with Gasteiger partial charge in [-0.1, -0.05) is 6.08 Å². The SMILES string of the molecule is CC1=CC(NC(=O)c2cnn(-c3ccc(C(F)(F)F)cn3)c2C)=CN(C(=O)N2CCCC2)C1C1=CCNCC1. The van der Waals surface area contributed by atoms with E-state index in [4.69, 9.17) is 0 Å². The van der Waals surface area contributed by atoms with Gasteiger partial charge < -0.3 is 15.5 Å². The third-order valence-electron chi connectivity index (χ3n) is 7.22. The number of hydrogen-bond acceptors (Lipinski definition) is 5. The zero-order valence-electron chi connectivity index (χ0n) is 21.8. The molecule has 3 aliphatic heterocycles. The van der Waals surface area contributed by atoms with E-state index in [1.165, 1.54) is 16.9 Å². The number of carbonyl (C=O) groups is 2. The molecule has 1 atom stereocenters. The predicted molar refractivity (Wildman–Crippen MR) is 138 cm³/mol. The van der Waals surface area contributed by atoms with Gasteiger partial charge in [0.1, 0.15) is 0 Å². The van der Waals surface area contributed by atoms with E-state index in [0.29, 0.717) is 24.5 Å². The fourth-order valence-corrected chi connectivity index (χ4v) is 5.21. The Morgan fingerprint density at radius 2 is 1.90 bits per heavy atom. The summed E-state index contributed by atoms with van der Waals surface area (Å²) in [7, 11) is 0. The number of pyridine rings is 1. The van der Waals surface area contributed by atoms with Crippen molar-refractivity contribution in [2.24, 2.45) is 0 Å². The summed E-state index contributed by atoms with van der Waals surface area (Å²) in [4.78, 5) is 34.2. The molecule has 0 aromatic carbocycles. The van der Waals surface area contributed by atoms with Crippen LogP contribution in [0.2, 0.25) is 0 Å². The first kappa shape index (κ1) is 26.7. The molecule has 5 heterocycles. The van der Waals surface area contributed by atoms with Crippen LogP contribution in [0.3, 0.4) is 0 Å². The lowest BCUT2D eigenvalue weighted by Crippen LogP contribution is -2.48. The smallest absolute Gasteiger partial charge is 0.324 e. The molecule has 39 heavy (non-hydrogen) atoms. The molecule has 2 N–H and O–H groups in total. The van der Waals surface area contributed by atoms with Gasteiger partial charge in [0.2, 0.25) is 0 Å². The molecular weight excluding hydrogens is 511 g/mol. The van der Waals surface area contributed by atoms with Gasteiger partial charge in [-0.15, -0.1) is 0 Å². The highest BCUT2D eigenvalue weighted by atomic mass is 19.4. The van der Waals surface area contributed by atoms with Crippen LogP contribution in [-0.2, 0) is 6.18 Å². The number of amides is 3. The van der Waals surface area contributed by atoms with Crippen molar-refractivity contribution in [1.29, 1.82) is 0 Å². The summed E-state index contributed by atoms with van der Waals surface area (Å²) in [5, 5.41) is 10.4. The van der Waals surface area contributed by atoms with Crippen LogP contribution in [-0.4, -0.2) is 68.7 Å². The second-order valence-corrected chi connectivity index (χ2v) is 9.90. The van der Waals surface area contributed by atoms with Crippen LogP contribution >= 0.6 is 0 Å². The van der Waals surface area contributed by atoms with Crippen LogP contribution in [0.1, 0.15) is 47.8 Å². The molecule has 5 rings (SSSR count). The second-order valence-electron chi connectivity index (χ2n) is 9.90. The lowest BCUT2D eigenvalue weighted by molar-refractivity contribution is -0.137. The van der Waals surface area contributed by atoms with Gasteiger partial charge in [0.15, 0.2) is 5.82 Å². The number of rotatable bonds is 4. The number of halogens is 3. The van der Waals surface area contributed by atoms with Crippen LogP contribution in [0.15, 0.2) is 59.7 Å². The molecule has 9 nitrogen and oxygen atoms in total. The minimum absolute atomic E-state index is 0.0893. The summed E-state index contributed by atoms with van der Waals surface area (Å²) in [5.41, 5.74) is 2.36. The number of likely N-dealkylation sites (tertiary alicyclic amines) is 1. The van der Waals surface area contributed by atoms with Crippen molar-refractivity contribution in [1.82, 2.24) is 35.2 Å². The molecule has 1 fully saturated rings. The Kier molecular flexibility index (Phi) is 7.30. The highest BCUT2D eigenvalue weighted by Gasteiger charge is 2.34. The highest BCUT2D eigenvalue weighted by molar-refractivity contribution is 5.96.